The molecule has 4 rings (SSSR count). The van der Waals surface area contributed by atoms with E-state index in [1.807, 2.05) is 23.1 Å². The van der Waals surface area contributed by atoms with Gasteiger partial charge >= 0.3 is 0 Å². The van der Waals surface area contributed by atoms with Crippen LogP contribution < -0.4 is 5.32 Å². The van der Waals surface area contributed by atoms with E-state index in [4.69, 9.17) is 9.47 Å². The highest BCUT2D eigenvalue weighted by Gasteiger charge is 2.28. The summed E-state index contributed by atoms with van der Waals surface area (Å²) in [5.74, 6) is 0.536. The van der Waals surface area contributed by atoms with Crippen LogP contribution in [0.2, 0.25) is 0 Å². The van der Waals surface area contributed by atoms with Crippen molar-refractivity contribution in [2.75, 3.05) is 44.6 Å². The average molecular weight is 430 g/mol. The summed E-state index contributed by atoms with van der Waals surface area (Å²) in [6, 6.07) is 7.25. The van der Waals surface area contributed by atoms with Gasteiger partial charge in [-0.15, -0.1) is 0 Å². The third-order valence-corrected chi connectivity index (χ3v) is 6.51. The number of anilines is 1. The van der Waals surface area contributed by atoms with Gasteiger partial charge in [-0.3, -0.25) is 14.5 Å². The van der Waals surface area contributed by atoms with Crippen molar-refractivity contribution in [1.29, 1.82) is 0 Å². The first-order valence-corrected chi connectivity index (χ1v) is 11.7. The minimum Gasteiger partial charge on any atom is -0.373 e. The lowest BCUT2D eigenvalue weighted by atomic mass is 9.95. The fraction of sp³-hybridized carbons (Fsp3) is 0.667. The summed E-state index contributed by atoms with van der Waals surface area (Å²) >= 11 is 0. The van der Waals surface area contributed by atoms with Gasteiger partial charge in [0.1, 0.15) is 6.10 Å². The summed E-state index contributed by atoms with van der Waals surface area (Å²) < 4.78 is 11.3. The SMILES string of the molecule is CC1CN(CC2CCN(C(=O)c3cccc(NC(=O)C4CCCO4)c3)CC2)CC(C)O1. The molecule has 3 aliphatic heterocycles. The number of hydrogen-bond donors (Lipinski definition) is 1. The molecular weight excluding hydrogens is 394 g/mol. The Morgan fingerprint density at radius 3 is 2.52 bits per heavy atom. The summed E-state index contributed by atoms with van der Waals surface area (Å²) in [5, 5.41) is 2.89. The summed E-state index contributed by atoms with van der Waals surface area (Å²) in [5.41, 5.74) is 1.27. The van der Waals surface area contributed by atoms with Gasteiger partial charge in [0.25, 0.3) is 11.8 Å². The summed E-state index contributed by atoms with van der Waals surface area (Å²) in [4.78, 5) is 29.8. The van der Waals surface area contributed by atoms with Crippen molar-refractivity contribution >= 4 is 17.5 Å². The Balaban J connectivity index is 1.28. The van der Waals surface area contributed by atoms with Gasteiger partial charge in [0.15, 0.2) is 0 Å². The lowest BCUT2D eigenvalue weighted by molar-refractivity contribution is -0.124. The topological polar surface area (TPSA) is 71.1 Å². The Kier molecular flexibility index (Phi) is 7.25. The van der Waals surface area contributed by atoms with Gasteiger partial charge in [-0.2, -0.15) is 0 Å². The van der Waals surface area contributed by atoms with Crippen molar-refractivity contribution in [1.82, 2.24) is 9.80 Å². The number of carbonyl (C=O) groups excluding carboxylic acids is 2. The second-order valence-corrected chi connectivity index (χ2v) is 9.28. The molecule has 31 heavy (non-hydrogen) atoms. The molecule has 3 atom stereocenters. The van der Waals surface area contributed by atoms with E-state index < -0.39 is 0 Å². The number of piperidine rings is 1. The highest BCUT2D eigenvalue weighted by molar-refractivity contribution is 5.98. The second kappa shape index (κ2) is 10.1. The monoisotopic (exact) mass is 429 g/mol. The predicted molar refractivity (Wildman–Crippen MR) is 119 cm³/mol. The van der Waals surface area contributed by atoms with Crippen LogP contribution in [0.25, 0.3) is 0 Å². The molecule has 3 unspecified atom stereocenters. The molecule has 2 amide bonds. The Bertz CT molecular complexity index is 762. The molecule has 0 aromatic heterocycles. The van der Waals surface area contributed by atoms with Crippen LogP contribution in [-0.4, -0.2) is 79.3 Å². The van der Waals surface area contributed by atoms with Crippen LogP contribution >= 0.6 is 0 Å². The lowest BCUT2D eigenvalue weighted by Gasteiger charge is -2.39. The van der Waals surface area contributed by atoms with E-state index in [2.05, 4.69) is 24.1 Å². The lowest BCUT2D eigenvalue weighted by Crippen LogP contribution is -2.48. The first kappa shape index (κ1) is 22.2. The molecule has 0 bridgehead atoms. The zero-order valence-corrected chi connectivity index (χ0v) is 18.7. The maximum absolute atomic E-state index is 13.0. The number of morpholine rings is 1. The Morgan fingerprint density at radius 1 is 1.10 bits per heavy atom. The molecule has 7 nitrogen and oxygen atoms in total. The Hall–Kier alpha value is -1.96. The summed E-state index contributed by atoms with van der Waals surface area (Å²) in [7, 11) is 0. The number of nitrogens with zero attached hydrogens (tertiary/aromatic N) is 2. The minimum absolute atomic E-state index is 0.0419. The minimum atomic E-state index is -0.379. The van der Waals surface area contributed by atoms with Gasteiger partial charge in [0, 0.05) is 50.6 Å². The van der Waals surface area contributed by atoms with Gasteiger partial charge in [0.2, 0.25) is 0 Å². The van der Waals surface area contributed by atoms with Crippen LogP contribution in [0.5, 0.6) is 0 Å². The number of hydrogen-bond acceptors (Lipinski definition) is 5. The van der Waals surface area contributed by atoms with Crippen LogP contribution in [-0.2, 0) is 14.3 Å². The quantitative estimate of drug-likeness (QED) is 0.779. The van der Waals surface area contributed by atoms with Crippen molar-refractivity contribution in [3.8, 4) is 0 Å². The van der Waals surface area contributed by atoms with E-state index in [1.165, 1.54) is 0 Å². The molecule has 1 N–H and O–H groups in total. The predicted octanol–water partition coefficient (Wildman–Crippen LogP) is 2.77. The van der Waals surface area contributed by atoms with Crippen LogP contribution in [0, 0.1) is 5.92 Å². The maximum atomic E-state index is 13.0. The van der Waals surface area contributed by atoms with Crippen molar-refractivity contribution in [3.05, 3.63) is 29.8 Å². The second-order valence-electron chi connectivity index (χ2n) is 9.28. The van der Waals surface area contributed by atoms with E-state index in [-0.39, 0.29) is 17.9 Å². The molecule has 3 heterocycles. The molecular formula is C24H35N3O4. The van der Waals surface area contributed by atoms with Crippen LogP contribution in [0.3, 0.4) is 0 Å². The van der Waals surface area contributed by atoms with Crippen molar-refractivity contribution in [2.45, 2.75) is 57.8 Å². The van der Waals surface area contributed by atoms with E-state index in [0.29, 0.717) is 36.0 Å². The van der Waals surface area contributed by atoms with Gasteiger partial charge < -0.3 is 19.7 Å². The summed E-state index contributed by atoms with van der Waals surface area (Å²) in [6.45, 7) is 9.56. The first-order valence-electron chi connectivity index (χ1n) is 11.7. The molecule has 0 radical (unpaired) electrons. The molecule has 1 aromatic carbocycles. The summed E-state index contributed by atoms with van der Waals surface area (Å²) in [6.07, 6.45) is 3.92. The fourth-order valence-electron chi connectivity index (χ4n) is 5.04. The molecule has 170 valence electrons. The molecule has 1 aromatic rings. The zero-order chi connectivity index (χ0) is 21.8. The number of ether oxygens (including phenoxy) is 2. The van der Waals surface area contributed by atoms with Crippen molar-refractivity contribution < 1.29 is 19.1 Å². The van der Waals surface area contributed by atoms with Crippen LogP contribution in [0.1, 0.15) is 49.9 Å². The number of nitrogens with one attached hydrogen (secondary N) is 1. The molecule has 0 saturated carbocycles. The number of rotatable bonds is 5. The van der Waals surface area contributed by atoms with Crippen LogP contribution in [0.15, 0.2) is 24.3 Å². The van der Waals surface area contributed by atoms with E-state index in [0.717, 1.165) is 58.4 Å². The standard InChI is InChI=1S/C24H35N3O4/c1-17-14-26(15-18(2)31-17)16-19-8-10-27(11-9-19)24(29)20-5-3-6-21(13-20)25-23(28)22-7-4-12-30-22/h3,5-6,13,17-19,22H,4,7-12,14-16H2,1-2H3,(H,25,28). The van der Waals surface area contributed by atoms with Crippen molar-refractivity contribution in [3.63, 3.8) is 0 Å². The number of carbonyl (C=O) groups is 2. The van der Waals surface area contributed by atoms with Crippen molar-refractivity contribution in [2.24, 2.45) is 5.92 Å². The molecule has 3 saturated heterocycles. The highest BCUT2D eigenvalue weighted by Crippen LogP contribution is 2.23. The fourth-order valence-corrected chi connectivity index (χ4v) is 5.04. The molecule has 0 aliphatic carbocycles. The Labute approximate surface area is 185 Å². The van der Waals surface area contributed by atoms with Gasteiger partial charge in [0.05, 0.1) is 12.2 Å². The van der Waals surface area contributed by atoms with E-state index in [9.17, 15) is 9.59 Å². The van der Waals surface area contributed by atoms with Gasteiger partial charge in [-0.25, -0.2) is 0 Å². The third-order valence-electron chi connectivity index (χ3n) is 6.51. The molecule has 3 fully saturated rings. The first-order chi connectivity index (χ1) is 15.0. The smallest absolute Gasteiger partial charge is 0.253 e. The zero-order valence-electron chi connectivity index (χ0n) is 18.7. The van der Waals surface area contributed by atoms with Gasteiger partial charge in [-0.1, -0.05) is 6.07 Å². The van der Waals surface area contributed by atoms with Crippen LogP contribution in [0.4, 0.5) is 5.69 Å². The highest BCUT2D eigenvalue weighted by atomic mass is 16.5. The number of benzene rings is 1. The Morgan fingerprint density at radius 2 is 1.84 bits per heavy atom. The van der Waals surface area contributed by atoms with Gasteiger partial charge in [-0.05, 0) is 63.6 Å². The van der Waals surface area contributed by atoms with E-state index in [1.54, 1.807) is 6.07 Å². The molecule has 0 spiro atoms. The molecule has 3 aliphatic rings. The number of likely N-dealkylation sites (tertiary alicyclic amines) is 1. The largest absolute Gasteiger partial charge is 0.373 e. The molecule has 7 heteroatoms. The maximum Gasteiger partial charge on any atom is 0.253 e. The number of amides is 2. The normalized spacial score (nSPS) is 27.9. The average Bonchev–Trinajstić information content (AvgIpc) is 3.28. The third kappa shape index (κ3) is 5.84. The van der Waals surface area contributed by atoms with E-state index >= 15 is 0 Å².